The third-order valence-corrected chi connectivity index (χ3v) is 4.70. The molecule has 0 spiro atoms. The zero-order valence-electron chi connectivity index (χ0n) is 13.2. The summed E-state index contributed by atoms with van der Waals surface area (Å²) in [6.45, 7) is 2.83. The first-order chi connectivity index (χ1) is 10.7. The van der Waals surface area contributed by atoms with Crippen molar-refractivity contribution in [1.82, 2.24) is 10.6 Å². The summed E-state index contributed by atoms with van der Waals surface area (Å²) >= 11 is 1.97. The molecule has 122 valence electrons. The molecule has 2 N–H and O–H groups in total. The van der Waals surface area contributed by atoms with Crippen LogP contribution in [0.1, 0.15) is 25.3 Å². The van der Waals surface area contributed by atoms with Crippen LogP contribution in [0.15, 0.2) is 23.2 Å². The minimum Gasteiger partial charge on any atom is -0.491 e. The Balaban J connectivity index is 1.86. The maximum atomic E-state index is 13.8. The molecule has 6 heteroatoms. The molecule has 4 nitrogen and oxygen atoms in total. The van der Waals surface area contributed by atoms with Crippen molar-refractivity contribution in [2.75, 3.05) is 25.2 Å². The number of halogens is 1. The number of guanidine groups is 1. The van der Waals surface area contributed by atoms with Crippen LogP contribution in [-0.2, 0) is 6.54 Å². The van der Waals surface area contributed by atoms with Crippen LogP contribution in [0.25, 0.3) is 0 Å². The van der Waals surface area contributed by atoms with E-state index in [0.29, 0.717) is 24.9 Å². The molecule has 1 heterocycles. The van der Waals surface area contributed by atoms with Crippen LogP contribution in [0, 0.1) is 5.82 Å². The number of hydrogen-bond acceptors (Lipinski definition) is 3. The molecule has 1 atom stereocenters. The van der Waals surface area contributed by atoms with E-state index in [2.05, 4.69) is 15.6 Å². The normalized spacial score (nSPS) is 18.9. The van der Waals surface area contributed by atoms with E-state index in [1.807, 2.05) is 24.8 Å². The first-order valence-electron chi connectivity index (χ1n) is 7.69. The van der Waals surface area contributed by atoms with Crippen molar-refractivity contribution in [2.24, 2.45) is 4.99 Å². The number of hydrogen-bond donors (Lipinski definition) is 2. The molecule has 1 unspecified atom stereocenters. The SMILES string of the molecule is CCOc1ccc(CNC(=NC)NC2CCCSC2)cc1F. The van der Waals surface area contributed by atoms with Crippen LogP contribution >= 0.6 is 11.8 Å². The van der Waals surface area contributed by atoms with Gasteiger partial charge in [0.05, 0.1) is 6.61 Å². The van der Waals surface area contributed by atoms with Gasteiger partial charge in [0, 0.05) is 25.4 Å². The minimum atomic E-state index is -0.326. The molecule has 0 amide bonds. The van der Waals surface area contributed by atoms with Gasteiger partial charge < -0.3 is 15.4 Å². The van der Waals surface area contributed by atoms with Gasteiger partial charge in [-0.25, -0.2) is 4.39 Å². The highest BCUT2D eigenvalue weighted by Crippen LogP contribution is 2.18. The number of nitrogens with zero attached hydrogens (tertiary/aromatic N) is 1. The molecular formula is C16H24FN3OS. The summed E-state index contributed by atoms with van der Waals surface area (Å²) in [6, 6.07) is 5.50. The number of thioether (sulfide) groups is 1. The zero-order valence-corrected chi connectivity index (χ0v) is 14.0. The third kappa shape index (κ3) is 5.09. The van der Waals surface area contributed by atoms with Crippen molar-refractivity contribution in [2.45, 2.75) is 32.4 Å². The van der Waals surface area contributed by atoms with E-state index in [1.165, 1.54) is 24.7 Å². The van der Waals surface area contributed by atoms with E-state index in [1.54, 1.807) is 13.1 Å². The molecule has 0 saturated carbocycles. The smallest absolute Gasteiger partial charge is 0.191 e. The highest BCUT2D eigenvalue weighted by atomic mass is 32.2. The molecule has 0 aromatic heterocycles. The van der Waals surface area contributed by atoms with Crippen LogP contribution in [0.4, 0.5) is 4.39 Å². The van der Waals surface area contributed by atoms with Crippen molar-refractivity contribution in [3.63, 3.8) is 0 Å². The molecule has 0 radical (unpaired) electrons. The van der Waals surface area contributed by atoms with Gasteiger partial charge in [-0.15, -0.1) is 0 Å². The Hall–Kier alpha value is -1.43. The molecule has 2 rings (SSSR count). The topological polar surface area (TPSA) is 45.6 Å². The zero-order chi connectivity index (χ0) is 15.8. The van der Waals surface area contributed by atoms with Gasteiger partial charge in [-0.1, -0.05) is 6.07 Å². The van der Waals surface area contributed by atoms with Gasteiger partial charge in [0.2, 0.25) is 0 Å². The van der Waals surface area contributed by atoms with Gasteiger partial charge in [-0.05, 0) is 43.2 Å². The van der Waals surface area contributed by atoms with Crippen molar-refractivity contribution < 1.29 is 9.13 Å². The van der Waals surface area contributed by atoms with E-state index >= 15 is 0 Å². The predicted octanol–water partition coefficient (Wildman–Crippen LogP) is 2.79. The van der Waals surface area contributed by atoms with E-state index in [4.69, 9.17) is 4.74 Å². The van der Waals surface area contributed by atoms with Crippen LogP contribution in [0.5, 0.6) is 5.75 Å². The van der Waals surface area contributed by atoms with E-state index in [-0.39, 0.29) is 5.82 Å². The number of nitrogens with one attached hydrogen (secondary N) is 2. The van der Waals surface area contributed by atoms with Crippen molar-refractivity contribution in [3.8, 4) is 5.75 Å². The largest absolute Gasteiger partial charge is 0.491 e. The van der Waals surface area contributed by atoms with Crippen molar-refractivity contribution >= 4 is 17.7 Å². The number of aliphatic imine (C=N–C) groups is 1. The first kappa shape index (κ1) is 16.9. The van der Waals surface area contributed by atoms with Gasteiger partial charge in [0.1, 0.15) is 0 Å². The lowest BCUT2D eigenvalue weighted by molar-refractivity contribution is 0.321. The van der Waals surface area contributed by atoms with Gasteiger partial charge in [-0.3, -0.25) is 4.99 Å². The highest BCUT2D eigenvalue weighted by molar-refractivity contribution is 7.99. The fourth-order valence-corrected chi connectivity index (χ4v) is 3.43. The van der Waals surface area contributed by atoms with Gasteiger partial charge >= 0.3 is 0 Å². The fraction of sp³-hybridized carbons (Fsp3) is 0.562. The van der Waals surface area contributed by atoms with Gasteiger partial charge in [-0.2, -0.15) is 11.8 Å². The Morgan fingerprint density at radius 1 is 1.50 bits per heavy atom. The highest BCUT2D eigenvalue weighted by Gasteiger charge is 2.14. The summed E-state index contributed by atoms with van der Waals surface area (Å²) in [7, 11) is 1.75. The predicted molar refractivity (Wildman–Crippen MR) is 91.3 cm³/mol. The van der Waals surface area contributed by atoms with Gasteiger partial charge in [0.15, 0.2) is 17.5 Å². The summed E-state index contributed by atoms with van der Waals surface area (Å²) in [5, 5.41) is 6.66. The lowest BCUT2D eigenvalue weighted by Crippen LogP contribution is -2.45. The Morgan fingerprint density at radius 2 is 2.36 bits per heavy atom. The van der Waals surface area contributed by atoms with Crippen LogP contribution < -0.4 is 15.4 Å². The molecule has 1 aliphatic heterocycles. The first-order valence-corrected chi connectivity index (χ1v) is 8.84. The quantitative estimate of drug-likeness (QED) is 0.645. The molecule has 1 aliphatic rings. The Kier molecular flexibility index (Phi) is 6.83. The number of benzene rings is 1. The van der Waals surface area contributed by atoms with E-state index in [0.717, 1.165) is 17.3 Å². The van der Waals surface area contributed by atoms with Crippen molar-refractivity contribution in [1.29, 1.82) is 0 Å². The molecular weight excluding hydrogens is 301 g/mol. The number of rotatable bonds is 5. The third-order valence-electron chi connectivity index (χ3n) is 3.48. The summed E-state index contributed by atoms with van der Waals surface area (Å²) in [5.41, 5.74) is 0.863. The monoisotopic (exact) mass is 325 g/mol. The van der Waals surface area contributed by atoms with Gasteiger partial charge in [0.25, 0.3) is 0 Å². The molecule has 1 aromatic rings. The second-order valence-corrected chi connectivity index (χ2v) is 6.33. The van der Waals surface area contributed by atoms with Crippen LogP contribution in [0.3, 0.4) is 0 Å². The lowest BCUT2D eigenvalue weighted by Gasteiger charge is -2.24. The maximum Gasteiger partial charge on any atom is 0.191 e. The van der Waals surface area contributed by atoms with Crippen LogP contribution in [-0.4, -0.2) is 37.2 Å². The average molecular weight is 325 g/mol. The molecule has 0 bridgehead atoms. The molecule has 1 aromatic carbocycles. The summed E-state index contributed by atoms with van der Waals surface area (Å²) in [5.74, 6) is 3.09. The average Bonchev–Trinajstić information content (AvgIpc) is 2.55. The number of ether oxygens (including phenoxy) is 1. The standard InChI is InChI=1S/C16H24FN3OS/c1-3-21-15-7-6-12(9-14(15)17)10-19-16(18-2)20-13-5-4-8-22-11-13/h6-7,9,13H,3-5,8,10-11H2,1-2H3,(H2,18,19,20). The van der Waals surface area contributed by atoms with Crippen molar-refractivity contribution in [3.05, 3.63) is 29.6 Å². The minimum absolute atomic E-state index is 0.299. The Labute approximate surface area is 135 Å². The van der Waals surface area contributed by atoms with Crippen LogP contribution in [0.2, 0.25) is 0 Å². The molecule has 0 aliphatic carbocycles. The molecule has 1 fully saturated rings. The summed E-state index contributed by atoms with van der Waals surface area (Å²) in [6.07, 6.45) is 2.41. The summed E-state index contributed by atoms with van der Waals surface area (Å²) in [4.78, 5) is 4.23. The molecule has 22 heavy (non-hydrogen) atoms. The Morgan fingerprint density at radius 3 is 3.00 bits per heavy atom. The van der Waals surface area contributed by atoms with E-state index in [9.17, 15) is 4.39 Å². The lowest BCUT2D eigenvalue weighted by atomic mass is 10.2. The fourth-order valence-electron chi connectivity index (χ4n) is 2.36. The summed E-state index contributed by atoms with van der Waals surface area (Å²) < 4.78 is 19.0. The van der Waals surface area contributed by atoms with E-state index < -0.39 is 0 Å². The second kappa shape index (κ2) is 8.88. The second-order valence-electron chi connectivity index (χ2n) is 5.18. The maximum absolute atomic E-state index is 13.8. The molecule has 1 saturated heterocycles. The Bertz CT molecular complexity index is 504.